The van der Waals surface area contributed by atoms with Crippen LogP contribution in [0, 0.1) is 6.92 Å². The highest BCUT2D eigenvalue weighted by atomic mass is 32.1. The molecule has 0 saturated heterocycles. The number of benzene rings is 2. The van der Waals surface area contributed by atoms with Crippen LogP contribution in [0.4, 0.5) is 0 Å². The average molecular weight is 350 g/mol. The van der Waals surface area contributed by atoms with Crippen molar-refractivity contribution in [2.24, 2.45) is 0 Å². The van der Waals surface area contributed by atoms with Crippen LogP contribution in [-0.2, 0) is 0 Å². The van der Waals surface area contributed by atoms with Gasteiger partial charge in [0.05, 0.1) is 18.3 Å². The number of carbonyl (C=O) groups excluding carboxylic acids is 1. The van der Waals surface area contributed by atoms with Crippen LogP contribution in [0.2, 0.25) is 0 Å². The molecule has 0 fully saturated rings. The van der Waals surface area contributed by atoms with Crippen LogP contribution in [0.25, 0.3) is 10.6 Å². The van der Waals surface area contributed by atoms with Gasteiger partial charge in [0.15, 0.2) is 0 Å². The van der Waals surface area contributed by atoms with Gasteiger partial charge >= 0.3 is 0 Å². The third-order valence-corrected chi connectivity index (χ3v) is 5.49. The number of rotatable bonds is 3. The highest BCUT2D eigenvalue weighted by Crippen LogP contribution is 2.33. The molecular formula is C20H18N2O2S. The lowest BCUT2D eigenvalue weighted by molar-refractivity contribution is 0.0928. The Morgan fingerprint density at radius 1 is 1.16 bits per heavy atom. The molecule has 0 spiro atoms. The first kappa shape index (κ1) is 15.8. The van der Waals surface area contributed by atoms with Crippen molar-refractivity contribution in [3.05, 3.63) is 70.7 Å². The fourth-order valence-electron chi connectivity index (χ4n) is 3.03. The van der Waals surface area contributed by atoms with E-state index in [2.05, 4.69) is 10.3 Å². The number of ether oxygens (including phenoxy) is 1. The van der Waals surface area contributed by atoms with E-state index in [4.69, 9.17) is 4.74 Å². The zero-order valence-corrected chi connectivity index (χ0v) is 14.7. The number of thiazole rings is 1. The molecular weight excluding hydrogens is 332 g/mol. The Kier molecular flexibility index (Phi) is 4.24. The van der Waals surface area contributed by atoms with Crippen molar-refractivity contribution in [1.29, 1.82) is 0 Å². The monoisotopic (exact) mass is 350 g/mol. The van der Waals surface area contributed by atoms with E-state index in [1.807, 2.05) is 61.5 Å². The van der Waals surface area contributed by atoms with E-state index in [0.29, 0.717) is 11.5 Å². The number of nitrogens with one attached hydrogen (secondary N) is 1. The summed E-state index contributed by atoms with van der Waals surface area (Å²) in [5.41, 5.74) is 2.83. The summed E-state index contributed by atoms with van der Waals surface area (Å²) in [6, 6.07) is 17.8. The molecule has 5 heteroatoms. The summed E-state index contributed by atoms with van der Waals surface area (Å²) in [4.78, 5) is 18.0. The van der Waals surface area contributed by atoms with Gasteiger partial charge in [-0.1, -0.05) is 48.5 Å². The van der Waals surface area contributed by atoms with Gasteiger partial charge in [-0.3, -0.25) is 4.79 Å². The Morgan fingerprint density at radius 3 is 2.76 bits per heavy atom. The third kappa shape index (κ3) is 3.15. The van der Waals surface area contributed by atoms with Crippen LogP contribution in [0.5, 0.6) is 5.75 Å². The van der Waals surface area contributed by atoms with Crippen LogP contribution in [0.15, 0.2) is 54.6 Å². The topological polar surface area (TPSA) is 51.2 Å². The maximum absolute atomic E-state index is 12.8. The summed E-state index contributed by atoms with van der Waals surface area (Å²) in [5, 5.41) is 4.02. The first-order valence-corrected chi connectivity index (χ1v) is 9.09. The van der Waals surface area contributed by atoms with Crippen LogP contribution >= 0.6 is 11.3 Å². The number of amides is 1. The van der Waals surface area contributed by atoms with E-state index >= 15 is 0 Å². The minimum Gasteiger partial charge on any atom is -0.493 e. The Morgan fingerprint density at radius 2 is 1.92 bits per heavy atom. The molecule has 1 N–H and O–H groups in total. The summed E-state index contributed by atoms with van der Waals surface area (Å²) < 4.78 is 5.67. The van der Waals surface area contributed by atoms with Crippen LogP contribution in [0.3, 0.4) is 0 Å². The molecule has 0 bridgehead atoms. The van der Waals surface area contributed by atoms with E-state index in [-0.39, 0.29) is 11.9 Å². The minimum atomic E-state index is -0.0705. The molecule has 126 valence electrons. The summed E-state index contributed by atoms with van der Waals surface area (Å²) in [5.74, 6) is 0.781. The average Bonchev–Trinajstić information content (AvgIpc) is 3.05. The Labute approximate surface area is 150 Å². The highest BCUT2D eigenvalue weighted by molar-refractivity contribution is 7.17. The maximum Gasteiger partial charge on any atom is 0.263 e. The Hall–Kier alpha value is -2.66. The SMILES string of the molecule is Cc1nc(-c2ccccc2)sc1C(=O)N[C@H]1CCOc2ccccc21. The predicted octanol–water partition coefficient (Wildman–Crippen LogP) is 4.37. The summed E-state index contributed by atoms with van der Waals surface area (Å²) in [6.45, 7) is 2.49. The number of nitrogens with zero attached hydrogens (tertiary/aromatic N) is 1. The number of aryl methyl sites for hydroxylation is 1. The number of fused-ring (bicyclic) bond motifs is 1. The van der Waals surface area contributed by atoms with E-state index < -0.39 is 0 Å². The van der Waals surface area contributed by atoms with Crippen molar-refractivity contribution >= 4 is 17.2 Å². The van der Waals surface area contributed by atoms with Gasteiger partial charge in [-0.25, -0.2) is 4.98 Å². The van der Waals surface area contributed by atoms with Gasteiger partial charge in [-0.15, -0.1) is 11.3 Å². The van der Waals surface area contributed by atoms with Crippen molar-refractivity contribution < 1.29 is 9.53 Å². The van der Waals surface area contributed by atoms with Crippen molar-refractivity contribution in [2.45, 2.75) is 19.4 Å². The van der Waals surface area contributed by atoms with Crippen LogP contribution in [0.1, 0.15) is 33.4 Å². The van der Waals surface area contributed by atoms with Crippen LogP contribution in [-0.4, -0.2) is 17.5 Å². The van der Waals surface area contributed by atoms with Crippen molar-refractivity contribution in [1.82, 2.24) is 10.3 Å². The van der Waals surface area contributed by atoms with Crippen molar-refractivity contribution in [2.75, 3.05) is 6.61 Å². The molecule has 1 amide bonds. The summed E-state index contributed by atoms with van der Waals surface area (Å²) in [7, 11) is 0. The van der Waals surface area contributed by atoms with Gasteiger partial charge < -0.3 is 10.1 Å². The zero-order valence-electron chi connectivity index (χ0n) is 13.9. The van der Waals surface area contributed by atoms with Gasteiger partial charge in [0.25, 0.3) is 5.91 Å². The first-order chi connectivity index (χ1) is 12.2. The second kappa shape index (κ2) is 6.69. The largest absolute Gasteiger partial charge is 0.493 e. The fraction of sp³-hybridized carbons (Fsp3) is 0.200. The number of hydrogen-bond donors (Lipinski definition) is 1. The number of aromatic nitrogens is 1. The molecule has 1 atom stereocenters. The molecule has 2 aromatic carbocycles. The molecule has 2 heterocycles. The van der Waals surface area contributed by atoms with Crippen molar-refractivity contribution in [3.8, 4) is 16.3 Å². The van der Waals surface area contributed by atoms with Gasteiger partial charge in [0.2, 0.25) is 0 Å². The molecule has 1 aliphatic rings. The van der Waals surface area contributed by atoms with E-state index in [0.717, 1.165) is 34.0 Å². The lowest BCUT2D eigenvalue weighted by atomic mass is 10.0. The second-order valence-electron chi connectivity index (χ2n) is 6.00. The second-order valence-corrected chi connectivity index (χ2v) is 7.00. The molecule has 4 rings (SSSR count). The quantitative estimate of drug-likeness (QED) is 0.763. The third-order valence-electron chi connectivity index (χ3n) is 4.29. The van der Waals surface area contributed by atoms with E-state index in [1.165, 1.54) is 11.3 Å². The highest BCUT2D eigenvalue weighted by Gasteiger charge is 2.25. The lowest BCUT2D eigenvalue weighted by Gasteiger charge is -2.26. The predicted molar refractivity (Wildman–Crippen MR) is 99.0 cm³/mol. The standard InChI is InChI=1S/C20H18N2O2S/c1-13-18(25-20(21-13)14-7-3-2-4-8-14)19(23)22-16-11-12-24-17-10-6-5-9-15(16)17/h2-10,16H,11-12H2,1H3,(H,22,23)/t16-/m0/s1. The smallest absolute Gasteiger partial charge is 0.263 e. The Balaban J connectivity index is 1.58. The minimum absolute atomic E-state index is 0.0286. The van der Waals surface area contributed by atoms with Gasteiger partial charge in [0.1, 0.15) is 15.6 Å². The molecule has 25 heavy (non-hydrogen) atoms. The Bertz CT molecular complexity index is 905. The lowest BCUT2D eigenvalue weighted by Crippen LogP contribution is -2.32. The number of hydrogen-bond acceptors (Lipinski definition) is 4. The van der Waals surface area contributed by atoms with E-state index in [1.54, 1.807) is 0 Å². The number of para-hydroxylation sites is 1. The summed E-state index contributed by atoms with van der Waals surface area (Å²) >= 11 is 1.44. The van der Waals surface area contributed by atoms with Gasteiger partial charge in [-0.05, 0) is 13.0 Å². The zero-order chi connectivity index (χ0) is 17.2. The molecule has 4 nitrogen and oxygen atoms in total. The van der Waals surface area contributed by atoms with Gasteiger partial charge in [0, 0.05) is 17.5 Å². The normalized spacial score (nSPS) is 16.0. The van der Waals surface area contributed by atoms with Gasteiger partial charge in [-0.2, -0.15) is 0 Å². The molecule has 0 aliphatic carbocycles. The first-order valence-electron chi connectivity index (χ1n) is 8.28. The molecule has 0 unspecified atom stereocenters. The summed E-state index contributed by atoms with van der Waals surface area (Å²) in [6.07, 6.45) is 0.770. The molecule has 1 aliphatic heterocycles. The fourth-order valence-corrected chi connectivity index (χ4v) is 4.00. The molecule has 1 aromatic heterocycles. The van der Waals surface area contributed by atoms with Crippen molar-refractivity contribution in [3.63, 3.8) is 0 Å². The molecule has 0 saturated carbocycles. The molecule has 0 radical (unpaired) electrons. The van der Waals surface area contributed by atoms with Crippen LogP contribution < -0.4 is 10.1 Å². The van der Waals surface area contributed by atoms with E-state index in [9.17, 15) is 4.79 Å². The maximum atomic E-state index is 12.8. The molecule has 3 aromatic rings. The number of carbonyl (C=O) groups is 1.